The molecule has 0 aromatic rings. The predicted octanol–water partition coefficient (Wildman–Crippen LogP) is 6.78. The zero-order valence-corrected chi connectivity index (χ0v) is 18.0. The first kappa shape index (κ1) is 27.1. The molecule has 0 bridgehead atoms. The maximum Gasteiger partial charge on any atom is 0.0701 e. The molecule has 0 aromatic carbocycles. The summed E-state index contributed by atoms with van der Waals surface area (Å²) in [6, 6.07) is 0. The monoisotopic (exact) mass is 360 g/mol. The van der Waals surface area contributed by atoms with Gasteiger partial charge >= 0.3 is 0 Å². The number of hydrogen-bond acceptors (Lipinski definition) is 3. The van der Waals surface area contributed by atoms with Crippen LogP contribution < -0.4 is 0 Å². The largest absolute Gasteiger partial charge is 0.379 e. The second kappa shape index (κ2) is 28.7. The van der Waals surface area contributed by atoms with Gasteiger partial charge in [0.1, 0.15) is 0 Å². The Bertz CT molecular complexity index is 178. The van der Waals surface area contributed by atoms with Gasteiger partial charge in [-0.15, -0.1) is 0 Å². The Morgan fingerprint density at radius 3 is 0.920 bits per heavy atom. The van der Waals surface area contributed by atoms with Crippen LogP contribution in [0.2, 0.25) is 0 Å². The molecule has 0 heterocycles. The van der Waals surface area contributed by atoms with E-state index in [-0.39, 0.29) is 0 Å². The molecule has 0 saturated heterocycles. The molecule has 0 aliphatic rings. The van der Waals surface area contributed by atoms with Gasteiger partial charge in [0.15, 0.2) is 0 Å². The molecule has 0 aliphatic heterocycles. The van der Waals surface area contributed by atoms with Gasteiger partial charge in [-0.25, -0.2) is 0 Å². The van der Waals surface area contributed by atoms with Gasteiger partial charge in [0, 0.05) is 13.2 Å². The zero-order valence-electron chi connectivity index (χ0n) is 18.0. The van der Waals surface area contributed by atoms with Crippen molar-refractivity contribution in [2.45, 2.75) is 105 Å². The maximum absolute atomic E-state index is 5.19. The highest BCUT2D eigenvalue weighted by Crippen LogP contribution is 2.11. The highest BCUT2D eigenvalue weighted by atomic mass is 16.5. The second-order valence-corrected chi connectivity index (χ2v) is 6.54. The van der Waals surface area contributed by atoms with Crippen LogP contribution in [0.1, 0.15) is 105 Å². The quantitative estimate of drug-likeness (QED) is 0.237. The van der Waals surface area contributed by atoms with Crippen molar-refractivity contribution >= 4 is 0 Å². The SMILES string of the molecule is CCCCCCCCCCCCCC.CCOCCOCCOCC. The molecule has 0 unspecified atom stereocenters. The Hall–Kier alpha value is -0.120. The molecule has 3 nitrogen and oxygen atoms in total. The third-order valence-corrected chi connectivity index (χ3v) is 4.11. The van der Waals surface area contributed by atoms with Crippen molar-refractivity contribution in [1.82, 2.24) is 0 Å². The van der Waals surface area contributed by atoms with Crippen molar-refractivity contribution in [1.29, 1.82) is 0 Å². The van der Waals surface area contributed by atoms with Gasteiger partial charge in [-0.3, -0.25) is 0 Å². The molecule has 3 heteroatoms. The molecular weight excluding hydrogens is 312 g/mol. The minimum atomic E-state index is 0.668. The summed E-state index contributed by atoms with van der Waals surface area (Å²) in [5.41, 5.74) is 0. The lowest BCUT2D eigenvalue weighted by Crippen LogP contribution is -2.08. The minimum absolute atomic E-state index is 0.668. The summed E-state index contributed by atoms with van der Waals surface area (Å²) in [5.74, 6) is 0. The number of unbranched alkanes of at least 4 members (excludes halogenated alkanes) is 11. The summed E-state index contributed by atoms with van der Waals surface area (Å²) in [6.45, 7) is 12.7. The van der Waals surface area contributed by atoms with E-state index in [1.54, 1.807) is 0 Å². The van der Waals surface area contributed by atoms with Crippen LogP contribution in [0.4, 0.5) is 0 Å². The lowest BCUT2D eigenvalue weighted by molar-refractivity contribution is 0.0195. The number of hydrogen-bond donors (Lipinski definition) is 0. The standard InChI is InChI=1S/C14H30.C8H18O3/c1-3-5-7-9-11-13-14-12-10-8-6-4-2;1-3-9-5-7-11-8-6-10-4-2/h3-14H2,1-2H3;3-8H2,1-2H3. The minimum Gasteiger partial charge on any atom is -0.379 e. The predicted molar refractivity (Wildman–Crippen MR) is 111 cm³/mol. The lowest BCUT2D eigenvalue weighted by atomic mass is 10.1. The van der Waals surface area contributed by atoms with Crippen LogP contribution in [0.3, 0.4) is 0 Å². The topological polar surface area (TPSA) is 27.7 Å². The summed E-state index contributed by atoms with van der Waals surface area (Å²) in [6.07, 6.45) is 17.4. The van der Waals surface area contributed by atoms with Crippen molar-refractivity contribution < 1.29 is 14.2 Å². The van der Waals surface area contributed by atoms with Crippen molar-refractivity contribution in [2.75, 3.05) is 39.6 Å². The summed E-state index contributed by atoms with van der Waals surface area (Å²) >= 11 is 0. The molecule has 0 atom stereocenters. The Labute approximate surface area is 159 Å². The van der Waals surface area contributed by atoms with Crippen LogP contribution in [0.25, 0.3) is 0 Å². The van der Waals surface area contributed by atoms with E-state index in [2.05, 4.69) is 13.8 Å². The van der Waals surface area contributed by atoms with Gasteiger partial charge in [0.25, 0.3) is 0 Å². The number of ether oxygens (including phenoxy) is 3. The fraction of sp³-hybridized carbons (Fsp3) is 1.00. The zero-order chi connectivity index (χ0) is 18.8. The molecule has 0 fully saturated rings. The molecule has 0 spiro atoms. The Morgan fingerprint density at radius 2 is 0.640 bits per heavy atom. The fourth-order valence-corrected chi connectivity index (χ4v) is 2.54. The van der Waals surface area contributed by atoms with E-state index >= 15 is 0 Å². The third-order valence-electron chi connectivity index (χ3n) is 4.11. The summed E-state index contributed by atoms with van der Waals surface area (Å²) in [4.78, 5) is 0. The fourth-order valence-electron chi connectivity index (χ4n) is 2.54. The molecule has 0 aliphatic carbocycles. The van der Waals surface area contributed by atoms with E-state index in [4.69, 9.17) is 14.2 Å². The van der Waals surface area contributed by atoms with E-state index in [0.717, 1.165) is 13.2 Å². The molecule has 0 radical (unpaired) electrons. The second-order valence-electron chi connectivity index (χ2n) is 6.54. The van der Waals surface area contributed by atoms with Crippen molar-refractivity contribution in [3.63, 3.8) is 0 Å². The van der Waals surface area contributed by atoms with Crippen LogP contribution in [0.15, 0.2) is 0 Å². The number of rotatable bonds is 19. The molecule has 154 valence electrons. The van der Waals surface area contributed by atoms with Crippen LogP contribution in [-0.2, 0) is 14.2 Å². The molecular formula is C22H48O3. The first-order valence-electron chi connectivity index (χ1n) is 11.1. The van der Waals surface area contributed by atoms with Gasteiger partial charge < -0.3 is 14.2 Å². The Morgan fingerprint density at radius 1 is 0.360 bits per heavy atom. The van der Waals surface area contributed by atoms with Crippen LogP contribution in [-0.4, -0.2) is 39.6 Å². The smallest absolute Gasteiger partial charge is 0.0701 e. The van der Waals surface area contributed by atoms with Gasteiger partial charge in [0.2, 0.25) is 0 Å². The molecule has 0 N–H and O–H groups in total. The molecule has 0 saturated carbocycles. The van der Waals surface area contributed by atoms with Gasteiger partial charge in [-0.1, -0.05) is 90.9 Å². The van der Waals surface area contributed by atoms with E-state index in [1.165, 1.54) is 77.0 Å². The van der Waals surface area contributed by atoms with E-state index < -0.39 is 0 Å². The highest BCUT2D eigenvalue weighted by Gasteiger charge is 1.91. The molecule has 0 aromatic heterocycles. The Kier molecular flexibility index (Phi) is 31.1. The maximum atomic E-state index is 5.19. The van der Waals surface area contributed by atoms with Crippen molar-refractivity contribution in [2.24, 2.45) is 0 Å². The molecule has 0 rings (SSSR count). The van der Waals surface area contributed by atoms with Gasteiger partial charge in [-0.05, 0) is 13.8 Å². The van der Waals surface area contributed by atoms with Crippen LogP contribution in [0.5, 0.6) is 0 Å². The highest BCUT2D eigenvalue weighted by molar-refractivity contribution is 4.47. The Balaban J connectivity index is 0. The van der Waals surface area contributed by atoms with Crippen LogP contribution in [0, 0.1) is 0 Å². The van der Waals surface area contributed by atoms with E-state index in [0.29, 0.717) is 26.4 Å². The van der Waals surface area contributed by atoms with Gasteiger partial charge in [-0.2, -0.15) is 0 Å². The lowest BCUT2D eigenvalue weighted by Gasteiger charge is -2.03. The van der Waals surface area contributed by atoms with E-state index in [1.807, 2.05) is 13.8 Å². The first-order chi connectivity index (χ1) is 12.3. The van der Waals surface area contributed by atoms with Crippen molar-refractivity contribution in [3.8, 4) is 0 Å². The van der Waals surface area contributed by atoms with Gasteiger partial charge in [0.05, 0.1) is 26.4 Å². The average Bonchev–Trinajstić information content (AvgIpc) is 2.63. The third kappa shape index (κ3) is 32.1. The summed E-state index contributed by atoms with van der Waals surface area (Å²) in [7, 11) is 0. The summed E-state index contributed by atoms with van der Waals surface area (Å²) in [5, 5.41) is 0. The average molecular weight is 361 g/mol. The molecule has 25 heavy (non-hydrogen) atoms. The first-order valence-corrected chi connectivity index (χ1v) is 11.1. The summed E-state index contributed by atoms with van der Waals surface area (Å²) < 4.78 is 15.3. The van der Waals surface area contributed by atoms with E-state index in [9.17, 15) is 0 Å². The van der Waals surface area contributed by atoms with Crippen molar-refractivity contribution in [3.05, 3.63) is 0 Å². The normalized spacial score (nSPS) is 10.6. The molecule has 0 amide bonds. The van der Waals surface area contributed by atoms with Crippen LogP contribution >= 0.6 is 0 Å².